The minimum absolute atomic E-state index is 0.0344. The Morgan fingerprint density at radius 3 is 2.50 bits per heavy atom. The second-order valence-electron chi connectivity index (χ2n) is 5.12. The summed E-state index contributed by atoms with van der Waals surface area (Å²) in [7, 11) is 0. The van der Waals surface area contributed by atoms with Crippen LogP contribution in [0.3, 0.4) is 0 Å². The molecule has 0 bridgehead atoms. The molecule has 0 radical (unpaired) electrons. The molecule has 1 unspecified atom stereocenters. The van der Waals surface area contributed by atoms with Gasteiger partial charge in [0, 0.05) is 16.9 Å². The summed E-state index contributed by atoms with van der Waals surface area (Å²) in [5.41, 5.74) is 3.00. The number of amides is 1. The van der Waals surface area contributed by atoms with Crippen LogP contribution in [0.4, 0.5) is 0 Å². The molecular weight excluding hydrogens is 290 g/mol. The van der Waals surface area contributed by atoms with E-state index in [4.69, 9.17) is 0 Å². The van der Waals surface area contributed by atoms with Gasteiger partial charge in [-0.15, -0.1) is 0 Å². The Balaban J connectivity index is 2.80. The summed E-state index contributed by atoms with van der Waals surface area (Å²) in [5, 5.41) is 4.03. The number of rotatable bonds is 5. The lowest BCUT2D eigenvalue weighted by atomic mass is 10.00. The zero-order valence-corrected chi connectivity index (χ0v) is 13.2. The standard InChI is InChI=1S/C15H22BrNO/c1-10(2)14(7-8-16)17-15(18)13-6-5-11(3)9-12(13)4/h5-6,9-10,14H,7-8H2,1-4H3,(H,17,18). The third-order valence-corrected chi connectivity index (χ3v) is 3.63. The molecule has 1 atom stereocenters. The molecule has 0 saturated carbocycles. The number of aryl methyl sites for hydroxylation is 2. The largest absolute Gasteiger partial charge is 0.349 e. The first-order valence-corrected chi connectivity index (χ1v) is 7.52. The number of alkyl halides is 1. The quantitative estimate of drug-likeness (QED) is 0.822. The number of hydrogen-bond donors (Lipinski definition) is 1. The van der Waals surface area contributed by atoms with Crippen LogP contribution in [0.5, 0.6) is 0 Å². The fourth-order valence-electron chi connectivity index (χ4n) is 2.00. The van der Waals surface area contributed by atoms with Crippen molar-refractivity contribution in [1.29, 1.82) is 0 Å². The summed E-state index contributed by atoms with van der Waals surface area (Å²) in [6, 6.07) is 6.16. The Labute approximate surface area is 118 Å². The topological polar surface area (TPSA) is 29.1 Å². The molecule has 100 valence electrons. The van der Waals surface area contributed by atoms with Crippen LogP contribution >= 0.6 is 15.9 Å². The van der Waals surface area contributed by atoms with Gasteiger partial charge >= 0.3 is 0 Å². The number of hydrogen-bond acceptors (Lipinski definition) is 1. The van der Waals surface area contributed by atoms with E-state index in [0.717, 1.165) is 22.9 Å². The highest BCUT2D eigenvalue weighted by Gasteiger charge is 2.17. The summed E-state index contributed by atoms with van der Waals surface area (Å²) in [5.74, 6) is 0.476. The third kappa shape index (κ3) is 4.13. The predicted molar refractivity (Wildman–Crippen MR) is 80.4 cm³/mol. The van der Waals surface area contributed by atoms with E-state index in [2.05, 4.69) is 35.1 Å². The third-order valence-electron chi connectivity index (χ3n) is 3.17. The van der Waals surface area contributed by atoms with Crippen molar-refractivity contribution in [2.45, 2.75) is 40.2 Å². The van der Waals surface area contributed by atoms with E-state index >= 15 is 0 Å². The average Bonchev–Trinajstić information content (AvgIpc) is 2.27. The van der Waals surface area contributed by atoms with Gasteiger partial charge in [-0.25, -0.2) is 0 Å². The highest BCUT2D eigenvalue weighted by molar-refractivity contribution is 9.09. The lowest BCUT2D eigenvalue weighted by Crippen LogP contribution is -2.39. The van der Waals surface area contributed by atoms with Gasteiger partial charge in [0.1, 0.15) is 0 Å². The Morgan fingerprint density at radius 1 is 1.33 bits per heavy atom. The van der Waals surface area contributed by atoms with Gasteiger partial charge in [-0.05, 0) is 37.8 Å². The molecule has 0 aliphatic rings. The van der Waals surface area contributed by atoms with Crippen molar-refractivity contribution >= 4 is 21.8 Å². The molecule has 0 aliphatic carbocycles. The Morgan fingerprint density at radius 2 is 2.00 bits per heavy atom. The molecule has 0 fully saturated rings. The van der Waals surface area contributed by atoms with E-state index < -0.39 is 0 Å². The molecule has 2 nitrogen and oxygen atoms in total. The van der Waals surface area contributed by atoms with Gasteiger partial charge in [0.05, 0.1) is 0 Å². The minimum Gasteiger partial charge on any atom is -0.349 e. The van der Waals surface area contributed by atoms with Crippen LogP contribution in [-0.2, 0) is 0 Å². The number of halogens is 1. The summed E-state index contributed by atoms with van der Waals surface area (Å²) in [6.45, 7) is 8.29. The molecule has 18 heavy (non-hydrogen) atoms. The highest BCUT2D eigenvalue weighted by atomic mass is 79.9. The molecule has 1 amide bonds. The molecule has 0 spiro atoms. The maximum absolute atomic E-state index is 12.2. The first-order chi connectivity index (χ1) is 8.45. The molecule has 1 aromatic rings. The fraction of sp³-hybridized carbons (Fsp3) is 0.533. The molecule has 1 N–H and O–H groups in total. The zero-order chi connectivity index (χ0) is 13.7. The van der Waals surface area contributed by atoms with Crippen molar-refractivity contribution in [2.75, 3.05) is 5.33 Å². The lowest BCUT2D eigenvalue weighted by molar-refractivity contribution is 0.0924. The van der Waals surface area contributed by atoms with Crippen LogP contribution in [0.1, 0.15) is 41.8 Å². The van der Waals surface area contributed by atoms with Crippen molar-refractivity contribution in [2.24, 2.45) is 5.92 Å². The highest BCUT2D eigenvalue weighted by Crippen LogP contribution is 2.13. The van der Waals surface area contributed by atoms with E-state index in [1.807, 2.05) is 32.0 Å². The molecule has 0 heterocycles. The van der Waals surface area contributed by atoms with Gasteiger partial charge in [0.15, 0.2) is 0 Å². The van der Waals surface area contributed by atoms with Crippen molar-refractivity contribution in [3.8, 4) is 0 Å². The van der Waals surface area contributed by atoms with Crippen LogP contribution in [0.25, 0.3) is 0 Å². The van der Waals surface area contributed by atoms with E-state index in [1.165, 1.54) is 5.56 Å². The van der Waals surface area contributed by atoms with E-state index in [1.54, 1.807) is 0 Å². The molecule has 3 heteroatoms. The first-order valence-electron chi connectivity index (χ1n) is 6.39. The monoisotopic (exact) mass is 311 g/mol. The summed E-state index contributed by atoms with van der Waals surface area (Å²) >= 11 is 3.44. The predicted octanol–water partition coefficient (Wildman–Crippen LogP) is 3.84. The maximum Gasteiger partial charge on any atom is 0.251 e. The van der Waals surface area contributed by atoms with Crippen LogP contribution in [0, 0.1) is 19.8 Å². The van der Waals surface area contributed by atoms with Gasteiger partial charge < -0.3 is 5.32 Å². The second kappa shape index (κ2) is 6.93. The normalized spacial score (nSPS) is 12.6. The Hall–Kier alpha value is -0.830. The number of carbonyl (C=O) groups is 1. The SMILES string of the molecule is Cc1ccc(C(=O)NC(CCBr)C(C)C)c(C)c1. The molecular formula is C15H22BrNO. The van der Waals surface area contributed by atoms with Crippen LogP contribution in [-0.4, -0.2) is 17.3 Å². The van der Waals surface area contributed by atoms with Gasteiger partial charge in [-0.3, -0.25) is 4.79 Å². The van der Waals surface area contributed by atoms with Crippen molar-refractivity contribution in [3.63, 3.8) is 0 Å². The van der Waals surface area contributed by atoms with Crippen LogP contribution in [0.15, 0.2) is 18.2 Å². The molecule has 0 aromatic heterocycles. The second-order valence-corrected chi connectivity index (χ2v) is 5.91. The number of carbonyl (C=O) groups excluding carboxylic acids is 1. The average molecular weight is 312 g/mol. The van der Waals surface area contributed by atoms with Crippen molar-refractivity contribution < 1.29 is 4.79 Å². The van der Waals surface area contributed by atoms with Crippen molar-refractivity contribution in [3.05, 3.63) is 34.9 Å². The van der Waals surface area contributed by atoms with Gasteiger partial charge in [-0.1, -0.05) is 47.5 Å². The lowest BCUT2D eigenvalue weighted by Gasteiger charge is -2.22. The fourth-order valence-corrected chi connectivity index (χ4v) is 2.50. The Bertz CT molecular complexity index is 415. The summed E-state index contributed by atoms with van der Waals surface area (Å²) in [6.07, 6.45) is 0.953. The number of benzene rings is 1. The number of nitrogens with one attached hydrogen (secondary N) is 1. The summed E-state index contributed by atoms with van der Waals surface area (Å²) in [4.78, 5) is 12.2. The minimum atomic E-state index is 0.0344. The van der Waals surface area contributed by atoms with Gasteiger partial charge in [-0.2, -0.15) is 0 Å². The van der Waals surface area contributed by atoms with Crippen LogP contribution in [0.2, 0.25) is 0 Å². The molecule has 1 aromatic carbocycles. The zero-order valence-electron chi connectivity index (χ0n) is 11.6. The van der Waals surface area contributed by atoms with Crippen molar-refractivity contribution in [1.82, 2.24) is 5.32 Å². The van der Waals surface area contributed by atoms with Crippen LogP contribution < -0.4 is 5.32 Å². The first kappa shape index (κ1) is 15.2. The van der Waals surface area contributed by atoms with E-state index in [0.29, 0.717) is 5.92 Å². The molecule has 1 rings (SSSR count). The molecule has 0 saturated heterocycles. The van der Waals surface area contributed by atoms with E-state index in [-0.39, 0.29) is 11.9 Å². The van der Waals surface area contributed by atoms with E-state index in [9.17, 15) is 4.79 Å². The molecule has 0 aliphatic heterocycles. The Kier molecular flexibility index (Phi) is 5.86. The smallest absolute Gasteiger partial charge is 0.251 e. The van der Waals surface area contributed by atoms with Gasteiger partial charge in [0.25, 0.3) is 5.91 Å². The maximum atomic E-state index is 12.2. The van der Waals surface area contributed by atoms with Gasteiger partial charge in [0.2, 0.25) is 0 Å². The summed E-state index contributed by atoms with van der Waals surface area (Å²) < 4.78 is 0.